The third-order valence-electron chi connectivity index (χ3n) is 4.83. The van der Waals surface area contributed by atoms with Gasteiger partial charge in [-0.2, -0.15) is 0 Å². The van der Waals surface area contributed by atoms with Gasteiger partial charge in [0.05, 0.1) is 26.7 Å². The molecule has 0 bridgehead atoms. The van der Waals surface area contributed by atoms with Crippen molar-refractivity contribution in [2.24, 2.45) is 11.3 Å². The van der Waals surface area contributed by atoms with E-state index in [1.165, 1.54) is 13.5 Å². The molecule has 1 aliphatic heterocycles. The number of carbonyl (C=O) groups is 2. The molecule has 2 rings (SSSR count). The molecule has 1 amide bonds. The molecule has 8 nitrogen and oxygen atoms in total. The van der Waals surface area contributed by atoms with Crippen molar-refractivity contribution in [3.63, 3.8) is 0 Å². The summed E-state index contributed by atoms with van der Waals surface area (Å²) in [5.41, 5.74) is -0.669. The first-order valence-electron chi connectivity index (χ1n) is 9.18. The monoisotopic (exact) mass is 391 g/mol. The predicted molar refractivity (Wildman–Crippen MR) is 94.4 cm³/mol. The zero-order valence-corrected chi connectivity index (χ0v) is 16.7. The average molecular weight is 391 g/mol. The van der Waals surface area contributed by atoms with Gasteiger partial charge in [-0.05, 0) is 18.8 Å². The van der Waals surface area contributed by atoms with Crippen molar-refractivity contribution in [2.75, 3.05) is 26.9 Å². The Kier molecular flexibility index (Phi) is 7.64. The molecule has 0 aromatic rings. The molecule has 9 heteroatoms. The van der Waals surface area contributed by atoms with Crippen LogP contribution >= 0.6 is 7.82 Å². The minimum absolute atomic E-state index is 0.0573. The normalized spacial score (nSPS) is 29.1. The summed E-state index contributed by atoms with van der Waals surface area (Å²) in [7, 11) is -2.49. The zero-order valence-electron chi connectivity index (χ0n) is 15.8. The summed E-state index contributed by atoms with van der Waals surface area (Å²) in [6.07, 6.45) is 4.69. The largest absolute Gasteiger partial charge is 0.475 e. The van der Waals surface area contributed by atoms with Crippen LogP contribution in [0, 0.1) is 11.3 Å². The van der Waals surface area contributed by atoms with Crippen LogP contribution < -0.4 is 5.32 Å². The Bertz CT molecular complexity index is 545. The quantitative estimate of drug-likeness (QED) is 0.526. The number of phosphoric acid groups is 1. The maximum Gasteiger partial charge on any atom is 0.475 e. The van der Waals surface area contributed by atoms with E-state index >= 15 is 0 Å². The number of hydrogen-bond donors (Lipinski definition) is 1. The first kappa shape index (κ1) is 21.4. The molecule has 0 unspecified atom stereocenters. The Hall–Kier alpha value is -0.950. The van der Waals surface area contributed by atoms with Gasteiger partial charge < -0.3 is 10.1 Å². The van der Waals surface area contributed by atoms with Crippen LogP contribution in [0.5, 0.6) is 0 Å². The van der Waals surface area contributed by atoms with Crippen LogP contribution in [0.15, 0.2) is 0 Å². The Morgan fingerprint density at radius 2 is 1.92 bits per heavy atom. The molecule has 1 saturated heterocycles. The van der Waals surface area contributed by atoms with Crippen LogP contribution in [-0.2, 0) is 32.5 Å². The SMILES string of the molecule is COC(=O)CCNC(=O)[C@@H]1O[P@](=O)(OCC2CCCCC2)OCC1(C)C. The second kappa shape index (κ2) is 9.31. The van der Waals surface area contributed by atoms with Gasteiger partial charge in [0.1, 0.15) is 0 Å². The number of methoxy groups -OCH3 is 1. The second-order valence-corrected chi connectivity index (χ2v) is 9.23. The van der Waals surface area contributed by atoms with Gasteiger partial charge in [0.2, 0.25) is 5.91 Å². The van der Waals surface area contributed by atoms with Gasteiger partial charge in [-0.1, -0.05) is 33.1 Å². The van der Waals surface area contributed by atoms with Crippen molar-refractivity contribution >= 4 is 19.7 Å². The molecule has 2 aliphatic rings. The lowest BCUT2D eigenvalue weighted by Crippen LogP contribution is -2.50. The van der Waals surface area contributed by atoms with E-state index in [-0.39, 0.29) is 19.6 Å². The number of hydrogen-bond acceptors (Lipinski definition) is 7. The first-order chi connectivity index (χ1) is 12.3. The van der Waals surface area contributed by atoms with Crippen molar-refractivity contribution in [3.8, 4) is 0 Å². The van der Waals surface area contributed by atoms with E-state index in [1.54, 1.807) is 13.8 Å². The highest BCUT2D eigenvalue weighted by atomic mass is 31.2. The molecule has 26 heavy (non-hydrogen) atoms. The number of phosphoric ester groups is 1. The lowest BCUT2D eigenvalue weighted by molar-refractivity contribution is -0.143. The zero-order chi connectivity index (χ0) is 19.2. The van der Waals surface area contributed by atoms with Crippen LogP contribution in [0.2, 0.25) is 0 Å². The van der Waals surface area contributed by atoms with Crippen LogP contribution in [0.3, 0.4) is 0 Å². The third-order valence-corrected chi connectivity index (χ3v) is 6.21. The first-order valence-corrected chi connectivity index (χ1v) is 10.6. The number of ether oxygens (including phenoxy) is 1. The summed E-state index contributed by atoms with van der Waals surface area (Å²) in [4.78, 5) is 23.6. The molecule has 2 atom stereocenters. The molecule has 1 saturated carbocycles. The molecule has 1 heterocycles. The number of carbonyl (C=O) groups excluding carboxylic acids is 2. The fraction of sp³-hybridized carbons (Fsp3) is 0.882. The smallest absolute Gasteiger partial charge is 0.469 e. The molecule has 0 aromatic heterocycles. The highest BCUT2D eigenvalue weighted by Crippen LogP contribution is 2.57. The van der Waals surface area contributed by atoms with Gasteiger partial charge in [-0.25, -0.2) is 4.57 Å². The summed E-state index contributed by atoms with van der Waals surface area (Å²) in [5, 5.41) is 2.62. The van der Waals surface area contributed by atoms with Crippen molar-refractivity contribution in [3.05, 3.63) is 0 Å². The van der Waals surface area contributed by atoms with E-state index in [4.69, 9.17) is 13.6 Å². The molecule has 2 fully saturated rings. The third kappa shape index (κ3) is 6.05. The second-order valence-electron chi connectivity index (χ2n) is 7.61. The molecule has 1 N–H and O–H groups in total. The fourth-order valence-corrected chi connectivity index (χ4v) is 4.85. The van der Waals surface area contributed by atoms with Crippen LogP contribution in [0.4, 0.5) is 0 Å². The predicted octanol–water partition coefficient (Wildman–Crippen LogP) is 2.81. The van der Waals surface area contributed by atoms with Crippen molar-refractivity contribution < 1.29 is 32.5 Å². The lowest BCUT2D eigenvalue weighted by Gasteiger charge is -2.39. The van der Waals surface area contributed by atoms with Gasteiger partial charge in [0.15, 0.2) is 6.10 Å². The fourth-order valence-electron chi connectivity index (χ4n) is 3.13. The summed E-state index contributed by atoms with van der Waals surface area (Å²) in [6, 6.07) is 0. The summed E-state index contributed by atoms with van der Waals surface area (Å²) < 4.78 is 33.7. The lowest BCUT2D eigenvalue weighted by atomic mass is 9.87. The molecule has 0 aromatic carbocycles. The van der Waals surface area contributed by atoms with E-state index in [0.29, 0.717) is 12.5 Å². The number of esters is 1. The summed E-state index contributed by atoms with van der Waals surface area (Å²) in [5.74, 6) is -0.508. The molecule has 0 spiro atoms. The molecule has 150 valence electrons. The van der Waals surface area contributed by atoms with Gasteiger partial charge in [0, 0.05) is 12.0 Å². The van der Waals surface area contributed by atoms with Crippen molar-refractivity contribution in [1.29, 1.82) is 0 Å². The number of rotatable bonds is 7. The Morgan fingerprint density at radius 1 is 1.23 bits per heavy atom. The topological polar surface area (TPSA) is 100 Å². The Morgan fingerprint density at radius 3 is 2.58 bits per heavy atom. The van der Waals surface area contributed by atoms with Gasteiger partial charge >= 0.3 is 13.8 Å². The number of nitrogens with one attached hydrogen (secondary N) is 1. The minimum Gasteiger partial charge on any atom is -0.469 e. The van der Waals surface area contributed by atoms with Crippen LogP contribution in [-0.4, -0.2) is 44.8 Å². The van der Waals surface area contributed by atoms with E-state index in [0.717, 1.165) is 25.7 Å². The molecular formula is C17H30NO7P. The average Bonchev–Trinajstić information content (AvgIpc) is 2.63. The van der Waals surface area contributed by atoms with Gasteiger partial charge in [0.25, 0.3) is 0 Å². The summed E-state index contributed by atoms with van der Waals surface area (Å²) in [6.45, 7) is 4.11. The molecule has 0 radical (unpaired) electrons. The highest BCUT2D eigenvalue weighted by Gasteiger charge is 2.49. The standard InChI is InChI=1S/C17H30NO7P/c1-17(2)12-24-26(21,23-11-13-7-5-4-6-8-13)25-15(17)16(20)18-10-9-14(19)22-3/h13,15H,4-12H2,1-3H3,(H,18,20)/t15-,26+/m0/s1. The van der Waals surface area contributed by atoms with Crippen LogP contribution in [0.1, 0.15) is 52.4 Å². The van der Waals surface area contributed by atoms with Crippen molar-refractivity contribution in [1.82, 2.24) is 5.32 Å². The molecule has 1 aliphatic carbocycles. The summed E-state index contributed by atoms with van der Waals surface area (Å²) >= 11 is 0. The highest BCUT2D eigenvalue weighted by molar-refractivity contribution is 7.48. The van der Waals surface area contributed by atoms with E-state index in [2.05, 4.69) is 10.1 Å². The Balaban J connectivity index is 1.90. The number of amides is 1. The van der Waals surface area contributed by atoms with Crippen molar-refractivity contribution in [2.45, 2.75) is 58.5 Å². The van der Waals surface area contributed by atoms with E-state index in [1.807, 2.05) is 0 Å². The minimum atomic E-state index is -3.78. The van der Waals surface area contributed by atoms with Gasteiger partial charge in [-0.3, -0.25) is 23.2 Å². The van der Waals surface area contributed by atoms with E-state index < -0.39 is 31.2 Å². The maximum atomic E-state index is 12.8. The maximum absolute atomic E-state index is 12.8. The van der Waals surface area contributed by atoms with E-state index in [9.17, 15) is 14.2 Å². The van der Waals surface area contributed by atoms with Gasteiger partial charge in [-0.15, -0.1) is 0 Å². The molecular weight excluding hydrogens is 361 g/mol. The van der Waals surface area contributed by atoms with Crippen LogP contribution in [0.25, 0.3) is 0 Å². The Labute approximate surface area is 154 Å².